The summed E-state index contributed by atoms with van der Waals surface area (Å²) < 4.78 is 58.2. The van der Waals surface area contributed by atoms with Crippen molar-refractivity contribution in [3.8, 4) is 0 Å². The van der Waals surface area contributed by atoms with E-state index in [4.69, 9.17) is 4.74 Å². The molecule has 34 heavy (non-hydrogen) atoms. The number of rotatable bonds is 9. The van der Waals surface area contributed by atoms with Gasteiger partial charge in [0.15, 0.2) is 14.6 Å². The van der Waals surface area contributed by atoms with Gasteiger partial charge in [0, 0.05) is 38.6 Å². The topological polar surface area (TPSA) is 115 Å². The van der Waals surface area contributed by atoms with Crippen LogP contribution in [0.1, 0.15) is 24.2 Å². The lowest BCUT2D eigenvalue weighted by atomic mass is 10.2. The van der Waals surface area contributed by atoms with E-state index in [9.17, 15) is 21.6 Å². The van der Waals surface area contributed by atoms with Crippen LogP contribution in [0.2, 0.25) is 0 Å². The van der Waals surface area contributed by atoms with E-state index in [2.05, 4.69) is 4.99 Å². The SMILES string of the molecule is CCN(CC)S(=O)(=O)c1ccc(C(=O)N=c2sc3cc(S(C)(=O)=O)ccc3n2CCOC)cc1. The highest BCUT2D eigenvalue weighted by Crippen LogP contribution is 2.22. The number of ether oxygens (including phenoxy) is 1. The number of hydrogen-bond donors (Lipinski definition) is 0. The highest BCUT2D eigenvalue weighted by Gasteiger charge is 2.21. The van der Waals surface area contributed by atoms with Crippen molar-refractivity contribution in [1.82, 2.24) is 8.87 Å². The number of benzene rings is 2. The number of methoxy groups -OCH3 is 1. The van der Waals surface area contributed by atoms with Gasteiger partial charge in [0.05, 0.1) is 26.6 Å². The van der Waals surface area contributed by atoms with Gasteiger partial charge >= 0.3 is 0 Å². The molecule has 9 nitrogen and oxygen atoms in total. The van der Waals surface area contributed by atoms with E-state index < -0.39 is 25.8 Å². The van der Waals surface area contributed by atoms with Crippen molar-refractivity contribution in [3.63, 3.8) is 0 Å². The highest BCUT2D eigenvalue weighted by atomic mass is 32.2. The van der Waals surface area contributed by atoms with E-state index in [1.54, 1.807) is 37.7 Å². The second kappa shape index (κ2) is 10.5. The van der Waals surface area contributed by atoms with Crippen LogP contribution in [-0.4, -0.2) is 64.7 Å². The van der Waals surface area contributed by atoms with Crippen molar-refractivity contribution >= 4 is 47.3 Å². The molecule has 184 valence electrons. The lowest BCUT2D eigenvalue weighted by Gasteiger charge is -2.18. The van der Waals surface area contributed by atoms with Crippen molar-refractivity contribution in [3.05, 3.63) is 52.8 Å². The Bertz CT molecular complexity index is 1470. The first kappa shape index (κ1) is 26.2. The summed E-state index contributed by atoms with van der Waals surface area (Å²) in [6.45, 7) is 5.02. The normalized spacial score (nSPS) is 13.1. The molecule has 1 amide bonds. The number of nitrogens with zero attached hydrogens (tertiary/aromatic N) is 3. The van der Waals surface area contributed by atoms with Gasteiger partial charge in [-0.3, -0.25) is 4.79 Å². The molecule has 2 aromatic carbocycles. The van der Waals surface area contributed by atoms with E-state index in [-0.39, 0.29) is 15.4 Å². The number of aromatic nitrogens is 1. The number of hydrogen-bond acceptors (Lipinski definition) is 7. The maximum absolute atomic E-state index is 12.9. The number of fused-ring (bicyclic) bond motifs is 1. The van der Waals surface area contributed by atoms with Gasteiger partial charge in [-0.25, -0.2) is 16.8 Å². The molecule has 1 heterocycles. The third kappa shape index (κ3) is 5.47. The summed E-state index contributed by atoms with van der Waals surface area (Å²) >= 11 is 1.20. The number of carbonyl (C=O) groups is 1. The number of amides is 1. The van der Waals surface area contributed by atoms with Gasteiger partial charge in [-0.2, -0.15) is 9.30 Å². The molecule has 0 N–H and O–H groups in total. The van der Waals surface area contributed by atoms with Crippen molar-refractivity contribution in [2.45, 2.75) is 30.2 Å². The maximum atomic E-state index is 12.9. The molecule has 0 bridgehead atoms. The van der Waals surface area contributed by atoms with Gasteiger partial charge in [-0.05, 0) is 42.5 Å². The fourth-order valence-electron chi connectivity index (χ4n) is 3.40. The minimum Gasteiger partial charge on any atom is -0.383 e. The molecule has 3 aromatic rings. The second-order valence-corrected chi connectivity index (χ2v) is 12.4. The minimum atomic E-state index is -3.63. The Labute approximate surface area is 203 Å². The number of sulfonamides is 1. The third-order valence-corrected chi connectivity index (χ3v) is 9.46. The summed E-state index contributed by atoms with van der Waals surface area (Å²) in [6.07, 6.45) is 1.14. The average Bonchev–Trinajstić information content (AvgIpc) is 3.13. The van der Waals surface area contributed by atoms with Gasteiger partial charge in [-0.15, -0.1) is 0 Å². The van der Waals surface area contributed by atoms with Crippen molar-refractivity contribution in [2.75, 3.05) is 33.1 Å². The highest BCUT2D eigenvalue weighted by molar-refractivity contribution is 7.90. The first-order chi connectivity index (χ1) is 16.0. The molecule has 0 fully saturated rings. The first-order valence-corrected chi connectivity index (χ1v) is 14.7. The van der Waals surface area contributed by atoms with Gasteiger partial charge in [0.25, 0.3) is 5.91 Å². The van der Waals surface area contributed by atoms with Gasteiger partial charge in [0.2, 0.25) is 10.0 Å². The van der Waals surface area contributed by atoms with Crippen LogP contribution in [0.4, 0.5) is 0 Å². The predicted molar refractivity (Wildman–Crippen MR) is 131 cm³/mol. The van der Waals surface area contributed by atoms with E-state index in [0.717, 1.165) is 11.8 Å². The van der Waals surface area contributed by atoms with Crippen LogP contribution in [0.25, 0.3) is 10.2 Å². The molecule has 0 atom stereocenters. The van der Waals surface area contributed by atoms with Gasteiger partial charge in [-0.1, -0.05) is 25.2 Å². The Morgan fingerprint density at radius 2 is 1.65 bits per heavy atom. The Kier molecular flexibility index (Phi) is 8.09. The predicted octanol–water partition coefficient (Wildman–Crippen LogP) is 2.52. The molecular weight excluding hydrogens is 498 g/mol. The van der Waals surface area contributed by atoms with Crippen LogP contribution in [0, 0.1) is 0 Å². The maximum Gasteiger partial charge on any atom is 0.279 e. The number of thiazole rings is 1. The molecule has 0 saturated heterocycles. The van der Waals surface area contributed by atoms with Crippen molar-refractivity contribution in [2.24, 2.45) is 4.99 Å². The summed E-state index contributed by atoms with van der Waals surface area (Å²) in [6, 6.07) is 10.5. The monoisotopic (exact) mass is 525 g/mol. The fourth-order valence-corrected chi connectivity index (χ4v) is 6.68. The van der Waals surface area contributed by atoms with E-state index in [1.807, 2.05) is 0 Å². The summed E-state index contributed by atoms with van der Waals surface area (Å²) in [4.78, 5) is 17.8. The van der Waals surface area contributed by atoms with Crippen LogP contribution in [0.5, 0.6) is 0 Å². The molecule has 0 aliphatic carbocycles. The summed E-state index contributed by atoms with van der Waals surface area (Å²) in [5, 5.41) is 0. The van der Waals surface area contributed by atoms with Crippen LogP contribution in [-0.2, 0) is 31.1 Å². The Morgan fingerprint density at radius 1 is 1.03 bits per heavy atom. The molecule has 0 aliphatic rings. The molecule has 0 aliphatic heterocycles. The number of sulfone groups is 1. The Hall–Kier alpha value is -2.38. The van der Waals surface area contributed by atoms with Crippen LogP contribution >= 0.6 is 11.3 Å². The molecule has 0 spiro atoms. The second-order valence-electron chi connectivity index (χ2n) is 7.46. The zero-order chi connectivity index (χ0) is 25.1. The zero-order valence-electron chi connectivity index (χ0n) is 19.4. The lowest BCUT2D eigenvalue weighted by molar-refractivity contribution is 0.0997. The van der Waals surface area contributed by atoms with E-state index in [0.29, 0.717) is 35.7 Å². The smallest absolute Gasteiger partial charge is 0.279 e. The Balaban J connectivity index is 2.03. The number of carbonyl (C=O) groups excluding carboxylic acids is 1. The molecule has 3 rings (SSSR count). The fraction of sp³-hybridized carbons (Fsp3) is 0.364. The summed E-state index contributed by atoms with van der Waals surface area (Å²) in [5.74, 6) is -0.534. The van der Waals surface area contributed by atoms with E-state index in [1.165, 1.54) is 46.0 Å². The molecule has 0 saturated carbocycles. The zero-order valence-corrected chi connectivity index (χ0v) is 21.8. The van der Waals surface area contributed by atoms with Crippen LogP contribution < -0.4 is 4.80 Å². The average molecular weight is 526 g/mol. The van der Waals surface area contributed by atoms with Crippen LogP contribution in [0.3, 0.4) is 0 Å². The van der Waals surface area contributed by atoms with Gasteiger partial charge in [0.1, 0.15) is 0 Å². The summed E-state index contributed by atoms with van der Waals surface area (Å²) in [5.41, 5.74) is 0.979. The lowest BCUT2D eigenvalue weighted by Crippen LogP contribution is -2.30. The third-order valence-electron chi connectivity index (χ3n) is 5.24. The minimum absolute atomic E-state index is 0.109. The molecule has 1 aromatic heterocycles. The molecular formula is C22H27N3O6S3. The van der Waals surface area contributed by atoms with Crippen molar-refractivity contribution < 1.29 is 26.4 Å². The molecule has 12 heteroatoms. The van der Waals surface area contributed by atoms with Crippen LogP contribution in [0.15, 0.2) is 57.2 Å². The molecule has 0 unspecified atom stereocenters. The largest absolute Gasteiger partial charge is 0.383 e. The summed E-state index contributed by atoms with van der Waals surface area (Å²) in [7, 11) is -5.45. The van der Waals surface area contributed by atoms with Gasteiger partial charge < -0.3 is 9.30 Å². The molecule has 0 radical (unpaired) electrons. The van der Waals surface area contributed by atoms with E-state index >= 15 is 0 Å². The van der Waals surface area contributed by atoms with Crippen molar-refractivity contribution in [1.29, 1.82) is 0 Å². The quantitative estimate of drug-likeness (QED) is 0.424. The first-order valence-electron chi connectivity index (χ1n) is 10.5. The Morgan fingerprint density at radius 3 is 2.21 bits per heavy atom. The standard InChI is InChI=1S/C22H27N3O6S3/c1-5-24(6-2)34(29,30)17-9-7-16(8-10-17)21(26)23-22-25(13-14-31-3)19-12-11-18(33(4,27)28)15-20(19)32-22/h7-12,15H,5-6,13-14H2,1-4H3.